The van der Waals surface area contributed by atoms with Gasteiger partial charge in [0.25, 0.3) is 0 Å². The number of thioether (sulfide) groups is 1. The number of hydrogen-bond donors (Lipinski definition) is 2. The van der Waals surface area contributed by atoms with Gasteiger partial charge >= 0.3 is 0 Å². The zero-order chi connectivity index (χ0) is 10.4. The number of ether oxygens (including phenoxy) is 1. The molecule has 0 radical (unpaired) electrons. The zero-order valence-corrected chi connectivity index (χ0v) is 9.40. The van der Waals surface area contributed by atoms with Crippen molar-refractivity contribution in [3.8, 4) is 0 Å². The second kappa shape index (κ2) is 5.98. The molecule has 0 fully saturated rings. The van der Waals surface area contributed by atoms with Crippen LogP contribution in [-0.4, -0.2) is 11.4 Å². The number of nitrogens with two attached hydrogens (primary N) is 1. The molecule has 0 aliphatic rings. The van der Waals surface area contributed by atoms with Crippen LogP contribution in [0.5, 0.6) is 0 Å². The molecule has 1 atom stereocenters. The average Bonchev–Trinajstić information content (AvgIpc) is 2.26. The molecule has 1 rings (SSSR count). The van der Waals surface area contributed by atoms with Crippen LogP contribution in [0, 0.1) is 0 Å². The fourth-order valence-electron chi connectivity index (χ4n) is 0.994. The summed E-state index contributed by atoms with van der Waals surface area (Å²) in [6.45, 7) is 0. The second-order valence-electron chi connectivity index (χ2n) is 2.53. The predicted octanol–water partition coefficient (Wildman–Crippen LogP) is 1.81. The Morgan fingerprint density at radius 1 is 1.50 bits per heavy atom. The number of rotatable bonds is 3. The summed E-state index contributed by atoms with van der Waals surface area (Å²) < 4.78 is 5.80. The van der Waals surface area contributed by atoms with Gasteiger partial charge in [-0.25, -0.2) is 5.84 Å². The van der Waals surface area contributed by atoms with Crippen LogP contribution < -0.4 is 11.3 Å². The fourth-order valence-corrected chi connectivity index (χ4v) is 1.91. The molecule has 0 spiro atoms. The van der Waals surface area contributed by atoms with Crippen LogP contribution in [0.4, 0.5) is 0 Å². The molecule has 1 aromatic rings. The second-order valence-corrected chi connectivity index (χ2v) is 4.27. The molecule has 1 unspecified atom stereocenters. The van der Waals surface area contributed by atoms with E-state index in [1.54, 1.807) is 7.11 Å². The molecule has 0 heterocycles. The van der Waals surface area contributed by atoms with Crippen molar-refractivity contribution in [3.63, 3.8) is 0 Å². The van der Waals surface area contributed by atoms with Crippen molar-refractivity contribution < 1.29 is 4.74 Å². The van der Waals surface area contributed by atoms with Gasteiger partial charge in [0.1, 0.15) is 5.44 Å². The highest BCUT2D eigenvalue weighted by Gasteiger charge is 2.12. The minimum Gasteiger partial charge on any atom is -0.366 e. The molecule has 1 aromatic carbocycles. The Morgan fingerprint density at radius 3 is 2.64 bits per heavy atom. The van der Waals surface area contributed by atoms with Gasteiger partial charge in [0.2, 0.25) is 0 Å². The van der Waals surface area contributed by atoms with Crippen LogP contribution in [0.25, 0.3) is 0 Å². The quantitative estimate of drug-likeness (QED) is 0.357. The van der Waals surface area contributed by atoms with Crippen molar-refractivity contribution in [1.82, 2.24) is 5.43 Å². The normalized spacial score (nSPS) is 12.1. The standard InChI is InChI=1S/C9H12N2OS2/c1-12-8(14-9(13)11-10)7-5-3-2-4-6-7/h2-6,8H,10H2,1H3,(H,11,13). The number of nitrogens with one attached hydrogen (secondary N) is 1. The van der Waals surface area contributed by atoms with Gasteiger partial charge in [0.15, 0.2) is 4.32 Å². The monoisotopic (exact) mass is 228 g/mol. The van der Waals surface area contributed by atoms with E-state index < -0.39 is 0 Å². The van der Waals surface area contributed by atoms with Gasteiger partial charge < -0.3 is 10.2 Å². The maximum absolute atomic E-state index is 5.29. The molecular formula is C9H12N2OS2. The Bertz CT molecular complexity index is 292. The van der Waals surface area contributed by atoms with E-state index in [0.717, 1.165) is 5.56 Å². The van der Waals surface area contributed by atoms with E-state index in [2.05, 4.69) is 5.43 Å². The highest BCUT2D eigenvalue weighted by molar-refractivity contribution is 8.23. The Morgan fingerprint density at radius 2 is 2.14 bits per heavy atom. The van der Waals surface area contributed by atoms with Crippen molar-refractivity contribution in [2.45, 2.75) is 5.44 Å². The summed E-state index contributed by atoms with van der Waals surface area (Å²) in [4.78, 5) is 0. The van der Waals surface area contributed by atoms with Crippen molar-refractivity contribution in [1.29, 1.82) is 0 Å². The third-order valence-corrected chi connectivity index (χ3v) is 3.03. The largest absolute Gasteiger partial charge is 0.366 e. The van der Waals surface area contributed by atoms with Gasteiger partial charge in [-0.05, 0) is 5.56 Å². The number of methoxy groups -OCH3 is 1. The lowest BCUT2D eigenvalue weighted by molar-refractivity contribution is 0.176. The van der Waals surface area contributed by atoms with Crippen molar-refractivity contribution in [3.05, 3.63) is 35.9 Å². The Hall–Kier alpha value is -0.620. The van der Waals surface area contributed by atoms with Gasteiger partial charge in [0.05, 0.1) is 0 Å². The first-order valence-electron chi connectivity index (χ1n) is 4.03. The van der Waals surface area contributed by atoms with Gasteiger partial charge in [-0.3, -0.25) is 0 Å². The topological polar surface area (TPSA) is 47.3 Å². The molecule has 0 aliphatic carbocycles. The molecule has 0 amide bonds. The maximum atomic E-state index is 5.29. The van der Waals surface area contributed by atoms with E-state index in [9.17, 15) is 0 Å². The molecule has 0 saturated carbocycles. The van der Waals surface area contributed by atoms with Crippen molar-refractivity contribution >= 4 is 28.3 Å². The highest BCUT2D eigenvalue weighted by Crippen LogP contribution is 2.29. The molecule has 0 bridgehead atoms. The SMILES string of the molecule is COC(SC(=S)NN)c1ccccc1. The molecule has 3 nitrogen and oxygen atoms in total. The Labute approximate surface area is 93.0 Å². The van der Waals surface area contributed by atoms with E-state index in [1.165, 1.54) is 11.8 Å². The first kappa shape index (κ1) is 11.5. The van der Waals surface area contributed by atoms with E-state index >= 15 is 0 Å². The number of thiocarbonyl (C=S) groups is 1. The number of hydrazine groups is 1. The first-order valence-corrected chi connectivity index (χ1v) is 5.31. The van der Waals surface area contributed by atoms with Crippen LogP contribution in [0.15, 0.2) is 30.3 Å². The Balaban J connectivity index is 2.68. The number of hydrogen-bond acceptors (Lipinski definition) is 4. The molecule has 0 aliphatic heterocycles. The summed E-state index contributed by atoms with van der Waals surface area (Å²) in [5, 5.41) is 0. The van der Waals surface area contributed by atoms with Gasteiger partial charge in [0, 0.05) is 7.11 Å². The number of benzene rings is 1. The minimum absolute atomic E-state index is 0.111. The zero-order valence-electron chi connectivity index (χ0n) is 7.77. The predicted molar refractivity (Wildman–Crippen MR) is 63.7 cm³/mol. The summed E-state index contributed by atoms with van der Waals surface area (Å²) >= 11 is 6.32. The molecule has 0 aromatic heterocycles. The highest BCUT2D eigenvalue weighted by atomic mass is 32.2. The molecule has 14 heavy (non-hydrogen) atoms. The Kier molecular flexibility index (Phi) is 4.89. The van der Waals surface area contributed by atoms with Crippen LogP contribution >= 0.6 is 24.0 Å². The molecular weight excluding hydrogens is 216 g/mol. The van der Waals surface area contributed by atoms with Gasteiger partial charge in [-0.2, -0.15) is 0 Å². The molecule has 76 valence electrons. The van der Waals surface area contributed by atoms with Crippen molar-refractivity contribution in [2.24, 2.45) is 5.84 Å². The van der Waals surface area contributed by atoms with Crippen LogP contribution in [0.1, 0.15) is 11.0 Å². The summed E-state index contributed by atoms with van der Waals surface area (Å²) in [7, 11) is 1.64. The summed E-state index contributed by atoms with van der Waals surface area (Å²) in [5.41, 5.74) is 3.37. The lowest BCUT2D eigenvalue weighted by Gasteiger charge is -2.14. The molecule has 0 saturated heterocycles. The lowest BCUT2D eigenvalue weighted by Crippen LogP contribution is -2.26. The van der Waals surface area contributed by atoms with E-state index in [0.29, 0.717) is 4.32 Å². The van der Waals surface area contributed by atoms with Crippen LogP contribution in [-0.2, 0) is 4.74 Å². The third kappa shape index (κ3) is 3.26. The fraction of sp³-hybridized carbons (Fsp3) is 0.222. The third-order valence-electron chi connectivity index (χ3n) is 1.62. The van der Waals surface area contributed by atoms with Crippen molar-refractivity contribution in [2.75, 3.05) is 7.11 Å². The maximum Gasteiger partial charge on any atom is 0.150 e. The summed E-state index contributed by atoms with van der Waals surface area (Å²) in [6.07, 6.45) is 0. The molecule has 3 N–H and O–H groups in total. The van der Waals surface area contributed by atoms with Crippen LogP contribution in [0.3, 0.4) is 0 Å². The molecule has 5 heteroatoms. The average molecular weight is 228 g/mol. The summed E-state index contributed by atoms with van der Waals surface area (Å²) in [6, 6.07) is 9.85. The summed E-state index contributed by atoms with van der Waals surface area (Å²) in [5.74, 6) is 5.19. The lowest BCUT2D eigenvalue weighted by atomic mass is 10.2. The van der Waals surface area contributed by atoms with E-state index in [-0.39, 0.29) is 5.44 Å². The van der Waals surface area contributed by atoms with E-state index in [1.807, 2.05) is 30.3 Å². The van der Waals surface area contributed by atoms with Gasteiger partial charge in [-0.1, -0.05) is 54.3 Å². The minimum atomic E-state index is -0.111. The van der Waals surface area contributed by atoms with Crippen LogP contribution in [0.2, 0.25) is 0 Å². The smallest absolute Gasteiger partial charge is 0.150 e. The first-order chi connectivity index (χ1) is 6.77. The van der Waals surface area contributed by atoms with E-state index in [4.69, 9.17) is 22.8 Å². The van der Waals surface area contributed by atoms with Gasteiger partial charge in [-0.15, -0.1) is 0 Å².